The summed E-state index contributed by atoms with van der Waals surface area (Å²) in [5.74, 6) is -0.479. The number of anilines is 1. The fraction of sp³-hybridized carbons (Fsp3) is 0.467. The summed E-state index contributed by atoms with van der Waals surface area (Å²) < 4.78 is 0. The lowest BCUT2D eigenvalue weighted by Crippen LogP contribution is -2.26. The maximum absolute atomic E-state index is 12.0. The van der Waals surface area contributed by atoms with Crippen molar-refractivity contribution in [3.63, 3.8) is 0 Å². The summed E-state index contributed by atoms with van der Waals surface area (Å²) in [6.07, 6.45) is 0. The first kappa shape index (κ1) is 14.2. The molecule has 1 aromatic rings. The third-order valence-electron chi connectivity index (χ3n) is 2.93. The van der Waals surface area contributed by atoms with Crippen LogP contribution >= 0.6 is 0 Å². The van der Waals surface area contributed by atoms with Crippen LogP contribution < -0.4 is 5.32 Å². The highest BCUT2D eigenvalue weighted by atomic mass is 16.1. The lowest BCUT2D eigenvalue weighted by atomic mass is 9.95. The Bertz CT molecular complexity index is 458. The van der Waals surface area contributed by atoms with Gasteiger partial charge >= 0.3 is 0 Å². The van der Waals surface area contributed by atoms with Crippen molar-refractivity contribution in [1.29, 1.82) is 5.26 Å². The molecule has 96 valence electrons. The molecule has 0 fully saturated rings. The van der Waals surface area contributed by atoms with Gasteiger partial charge in [0.15, 0.2) is 0 Å². The van der Waals surface area contributed by atoms with Crippen molar-refractivity contribution < 1.29 is 4.79 Å². The molecule has 0 aliphatic carbocycles. The number of amides is 1. The number of nitrogens with one attached hydrogen (secondary N) is 1. The van der Waals surface area contributed by atoms with E-state index in [1.807, 2.05) is 38.1 Å². The number of nitriles is 1. The molecule has 1 atom stereocenters. The Morgan fingerprint density at radius 3 is 2.33 bits per heavy atom. The SMILES string of the molecule is CC(C)c1ccccc1NC(=O)C(C#N)C(C)C. The zero-order valence-corrected chi connectivity index (χ0v) is 11.4. The van der Waals surface area contributed by atoms with Crippen LogP contribution in [0.15, 0.2) is 24.3 Å². The Labute approximate surface area is 109 Å². The van der Waals surface area contributed by atoms with Crippen LogP contribution in [-0.4, -0.2) is 5.91 Å². The van der Waals surface area contributed by atoms with Gasteiger partial charge in [0, 0.05) is 5.69 Å². The largest absolute Gasteiger partial charge is 0.325 e. The Hall–Kier alpha value is -1.82. The van der Waals surface area contributed by atoms with E-state index in [2.05, 4.69) is 25.2 Å². The highest BCUT2D eigenvalue weighted by molar-refractivity contribution is 5.95. The predicted molar refractivity (Wildman–Crippen MR) is 73.1 cm³/mol. The number of para-hydroxylation sites is 1. The van der Waals surface area contributed by atoms with Crippen LogP contribution in [0.3, 0.4) is 0 Å². The molecule has 0 saturated heterocycles. The third-order valence-corrected chi connectivity index (χ3v) is 2.93. The van der Waals surface area contributed by atoms with Gasteiger partial charge in [-0.3, -0.25) is 4.79 Å². The van der Waals surface area contributed by atoms with Crippen molar-refractivity contribution in [2.24, 2.45) is 11.8 Å². The van der Waals surface area contributed by atoms with E-state index in [-0.39, 0.29) is 11.8 Å². The molecule has 0 saturated carbocycles. The minimum absolute atomic E-state index is 0.0150. The molecule has 1 aromatic carbocycles. The van der Waals surface area contributed by atoms with E-state index in [9.17, 15) is 4.79 Å². The molecule has 0 spiro atoms. The molecule has 3 nitrogen and oxygen atoms in total. The Morgan fingerprint density at radius 1 is 1.22 bits per heavy atom. The summed E-state index contributed by atoms with van der Waals surface area (Å²) in [6.45, 7) is 7.91. The van der Waals surface area contributed by atoms with E-state index in [0.29, 0.717) is 5.92 Å². The molecule has 18 heavy (non-hydrogen) atoms. The average Bonchev–Trinajstić information content (AvgIpc) is 2.29. The minimum Gasteiger partial charge on any atom is -0.325 e. The van der Waals surface area contributed by atoms with Crippen LogP contribution in [0.4, 0.5) is 5.69 Å². The molecule has 1 unspecified atom stereocenters. The number of hydrogen-bond donors (Lipinski definition) is 1. The third kappa shape index (κ3) is 3.33. The maximum atomic E-state index is 12.0. The molecule has 0 radical (unpaired) electrons. The molecule has 1 N–H and O–H groups in total. The molecular weight excluding hydrogens is 224 g/mol. The second kappa shape index (κ2) is 6.20. The van der Waals surface area contributed by atoms with Crippen LogP contribution in [0.25, 0.3) is 0 Å². The Morgan fingerprint density at radius 2 is 1.83 bits per heavy atom. The van der Waals surface area contributed by atoms with Gasteiger partial charge in [-0.25, -0.2) is 0 Å². The summed E-state index contributed by atoms with van der Waals surface area (Å²) in [5.41, 5.74) is 1.89. The summed E-state index contributed by atoms with van der Waals surface area (Å²) in [7, 11) is 0. The van der Waals surface area contributed by atoms with E-state index in [1.54, 1.807) is 0 Å². The molecule has 0 aliphatic heterocycles. The van der Waals surface area contributed by atoms with Crippen LogP contribution in [0.1, 0.15) is 39.2 Å². The Balaban J connectivity index is 2.92. The summed E-state index contributed by atoms with van der Waals surface area (Å²) in [6, 6.07) is 9.77. The molecule has 3 heteroatoms. The molecule has 1 rings (SSSR count). The lowest BCUT2D eigenvalue weighted by molar-refractivity contribution is -0.119. The summed E-state index contributed by atoms with van der Waals surface area (Å²) in [5, 5.41) is 11.9. The number of carbonyl (C=O) groups excluding carboxylic acids is 1. The van der Waals surface area contributed by atoms with Gasteiger partial charge in [0.25, 0.3) is 0 Å². The predicted octanol–water partition coefficient (Wildman–Crippen LogP) is 3.54. The smallest absolute Gasteiger partial charge is 0.241 e. The van der Waals surface area contributed by atoms with Gasteiger partial charge in [-0.1, -0.05) is 45.9 Å². The summed E-state index contributed by atoms with van der Waals surface area (Å²) in [4.78, 5) is 12.0. The van der Waals surface area contributed by atoms with Crippen molar-refractivity contribution in [2.75, 3.05) is 5.32 Å². The standard InChI is InChI=1S/C15H20N2O/c1-10(2)12-7-5-6-8-14(12)17-15(18)13(9-16)11(3)4/h5-8,10-11,13H,1-4H3,(H,17,18). The Kier molecular flexibility index (Phi) is 4.91. The monoisotopic (exact) mass is 244 g/mol. The van der Waals surface area contributed by atoms with Gasteiger partial charge in [-0.15, -0.1) is 0 Å². The number of nitrogens with zero attached hydrogens (tertiary/aromatic N) is 1. The van der Waals surface area contributed by atoms with Crippen molar-refractivity contribution in [2.45, 2.75) is 33.6 Å². The van der Waals surface area contributed by atoms with Crippen LogP contribution in [0.5, 0.6) is 0 Å². The topological polar surface area (TPSA) is 52.9 Å². The van der Waals surface area contributed by atoms with E-state index >= 15 is 0 Å². The second-order valence-electron chi connectivity index (χ2n) is 5.08. The first-order valence-electron chi connectivity index (χ1n) is 6.26. The van der Waals surface area contributed by atoms with E-state index in [0.717, 1.165) is 11.3 Å². The molecule has 0 heterocycles. The van der Waals surface area contributed by atoms with Crippen molar-refractivity contribution in [3.8, 4) is 6.07 Å². The number of rotatable bonds is 4. The zero-order valence-electron chi connectivity index (χ0n) is 11.4. The van der Waals surface area contributed by atoms with Gasteiger partial charge in [-0.2, -0.15) is 5.26 Å². The van der Waals surface area contributed by atoms with Gasteiger partial charge in [-0.05, 0) is 23.5 Å². The number of carbonyl (C=O) groups is 1. The van der Waals surface area contributed by atoms with Gasteiger partial charge in [0.2, 0.25) is 5.91 Å². The van der Waals surface area contributed by atoms with Crippen LogP contribution in [-0.2, 0) is 4.79 Å². The van der Waals surface area contributed by atoms with Gasteiger partial charge in [0.1, 0.15) is 5.92 Å². The van der Waals surface area contributed by atoms with Crippen LogP contribution in [0, 0.1) is 23.2 Å². The average molecular weight is 244 g/mol. The van der Waals surface area contributed by atoms with Crippen molar-refractivity contribution in [1.82, 2.24) is 0 Å². The number of benzene rings is 1. The van der Waals surface area contributed by atoms with Crippen molar-refractivity contribution in [3.05, 3.63) is 29.8 Å². The molecule has 0 bridgehead atoms. The first-order valence-corrected chi connectivity index (χ1v) is 6.26. The fourth-order valence-electron chi connectivity index (χ4n) is 1.84. The lowest BCUT2D eigenvalue weighted by Gasteiger charge is -2.17. The highest BCUT2D eigenvalue weighted by Gasteiger charge is 2.22. The van der Waals surface area contributed by atoms with E-state index in [4.69, 9.17) is 5.26 Å². The quantitative estimate of drug-likeness (QED) is 0.880. The normalized spacial score (nSPS) is 12.3. The van der Waals surface area contributed by atoms with Gasteiger partial charge < -0.3 is 5.32 Å². The van der Waals surface area contributed by atoms with Crippen molar-refractivity contribution >= 4 is 11.6 Å². The first-order chi connectivity index (χ1) is 8.47. The minimum atomic E-state index is -0.606. The van der Waals surface area contributed by atoms with E-state index in [1.165, 1.54) is 0 Å². The fourth-order valence-corrected chi connectivity index (χ4v) is 1.84. The summed E-state index contributed by atoms with van der Waals surface area (Å²) >= 11 is 0. The molecule has 1 amide bonds. The zero-order chi connectivity index (χ0) is 13.7. The second-order valence-corrected chi connectivity index (χ2v) is 5.08. The number of hydrogen-bond acceptors (Lipinski definition) is 2. The molecular formula is C15H20N2O. The molecule has 0 aliphatic rings. The van der Waals surface area contributed by atoms with Crippen LogP contribution in [0.2, 0.25) is 0 Å². The van der Waals surface area contributed by atoms with Gasteiger partial charge in [0.05, 0.1) is 6.07 Å². The highest BCUT2D eigenvalue weighted by Crippen LogP contribution is 2.24. The maximum Gasteiger partial charge on any atom is 0.241 e. The molecule has 0 aromatic heterocycles. The van der Waals surface area contributed by atoms with E-state index < -0.39 is 5.92 Å².